The molecule has 2 aliphatic rings. The number of amides is 1. The molecule has 0 spiro atoms. The molecule has 138 valence electrons. The third kappa shape index (κ3) is 4.90. The minimum atomic E-state index is -0.266. The summed E-state index contributed by atoms with van der Waals surface area (Å²) in [7, 11) is 1.58. The van der Waals surface area contributed by atoms with Crippen LogP contribution in [0.1, 0.15) is 43.7 Å². The first kappa shape index (κ1) is 18.1. The number of hydrogen-bond donors (Lipinski definition) is 2. The lowest BCUT2D eigenvalue weighted by molar-refractivity contribution is -0.181. The molecule has 2 fully saturated rings. The van der Waals surface area contributed by atoms with E-state index in [1.54, 1.807) is 19.4 Å². The van der Waals surface area contributed by atoms with Crippen molar-refractivity contribution in [2.24, 2.45) is 5.92 Å². The van der Waals surface area contributed by atoms with E-state index in [4.69, 9.17) is 9.57 Å². The molecule has 7 nitrogen and oxygen atoms in total. The van der Waals surface area contributed by atoms with Gasteiger partial charge in [0.15, 0.2) is 0 Å². The fourth-order valence-corrected chi connectivity index (χ4v) is 3.37. The fourth-order valence-electron chi connectivity index (χ4n) is 3.37. The number of aromatic nitrogens is 1. The van der Waals surface area contributed by atoms with Crippen molar-refractivity contribution in [2.75, 3.05) is 26.8 Å². The van der Waals surface area contributed by atoms with Gasteiger partial charge in [0.05, 0.1) is 25.9 Å². The van der Waals surface area contributed by atoms with E-state index < -0.39 is 0 Å². The number of rotatable bonds is 7. The van der Waals surface area contributed by atoms with E-state index in [1.165, 1.54) is 0 Å². The Kier molecular flexibility index (Phi) is 6.23. The zero-order valence-corrected chi connectivity index (χ0v) is 14.7. The summed E-state index contributed by atoms with van der Waals surface area (Å²) in [4.78, 5) is 22.2. The highest BCUT2D eigenvalue weighted by atomic mass is 16.7. The Balaban J connectivity index is 1.57. The first-order chi connectivity index (χ1) is 12.2. The Labute approximate surface area is 148 Å². The van der Waals surface area contributed by atoms with E-state index in [1.807, 2.05) is 11.1 Å². The Hall–Kier alpha value is -1.70. The van der Waals surface area contributed by atoms with Gasteiger partial charge in [-0.3, -0.25) is 9.63 Å². The van der Waals surface area contributed by atoms with Crippen molar-refractivity contribution < 1.29 is 19.5 Å². The number of carbonyl (C=O) groups excluding carboxylic acids is 1. The van der Waals surface area contributed by atoms with Crippen LogP contribution < -0.4 is 10.1 Å². The summed E-state index contributed by atoms with van der Waals surface area (Å²) < 4.78 is 5.10. The van der Waals surface area contributed by atoms with Gasteiger partial charge >= 0.3 is 0 Å². The Morgan fingerprint density at radius 3 is 2.92 bits per heavy atom. The molecule has 3 rings (SSSR count). The van der Waals surface area contributed by atoms with Gasteiger partial charge in [-0.05, 0) is 37.2 Å². The number of methoxy groups -OCH3 is 1. The first-order valence-corrected chi connectivity index (χ1v) is 9.01. The molecule has 1 amide bonds. The zero-order chi connectivity index (χ0) is 17.6. The lowest BCUT2D eigenvalue weighted by atomic mass is 9.75. The molecule has 2 N–H and O–H groups in total. The Morgan fingerprint density at radius 1 is 1.48 bits per heavy atom. The van der Waals surface area contributed by atoms with Crippen molar-refractivity contribution in [1.82, 2.24) is 15.4 Å². The number of nitrogens with zero attached hydrogens (tertiary/aromatic N) is 2. The number of ether oxygens (including phenoxy) is 1. The molecule has 1 saturated heterocycles. The van der Waals surface area contributed by atoms with Crippen LogP contribution in [0.25, 0.3) is 0 Å². The molecule has 0 aromatic carbocycles. The Morgan fingerprint density at radius 2 is 2.32 bits per heavy atom. The highest BCUT2D eigenvalue weighted by molar-refractivity contribution is 5.76. The maximum absolute atomic E-state index is 12.4. The second-order valence-electron chi connectivity index (χ2n) is 6.78. The zero-order valence-electron chi connectivity index (χ0n) is 14.7. The molecule has 7 heteroatoms. The predicted molar refractivity (Wildman–Crippen MR) is 91.8 cm³/mol. The molecule has 0 unspecified atom stereocenters. The summed E-state index contributed by atoms with van der Waals surface area (Å²) in [6, 6.07) is 3.59. The summed E-state index contributed by atoms with van der Waals surface area (Å²) in [6.07, 6.45) is 5.47. The lowest BCUT2D eigenvalue weighted by Crippen LogP contribution is -2.42. The summed E-state index contributed by atoms with van der Waals surface area (Å²) in [5, 5.41) is 14.6. The third-order valence-electron chi connectivity index (χ3n) is 4.93. The number of aliphatic hydroxyl groups is 1. The van der Waals surface area contributed by atoms with Gasteiger partial charge in [-0.1, -0.05) is 6.07 Å². The molecule has 1 saturated carbocycles. The molecule has 25 heavy (non-hydrogen) atoms. The molecule has 0 bridgehead atoms. The van der Waals surface area contributed by atoms with Crippen LogP contribution in [0.15, 0.2) is 18.3 Å². The van der Waals surface area contributed by atoms with Gasteiger partial charge < -0.3 is 15.2 Å². The standard InChI is InChI=1S/C18H27N3O4/c1-24-17-5-4-13(12-19-17)18(14-10-15(22)11-14)20-16(23)6-8-21-7-2-3-9-25-21/h4-5,12,14-15,18,22H,2-3,6-11H2,1H3,(H,20,23)/t14?,15?,18-/m0/s1. The number of aliphatic hydroxyl groups excluding tert-OH is 1. The maximum Gasteiger partial charge on any atom is 0.221 e. The van der Waals surface area contributed by atoms with E-state index in [0.29, 0.717) is 31.7 Å². The third-order valence-corrected chi connectivity index (χ3v) is 4.93. The second-order valence-corrected chi connectivity index (χ2v) is 6.78. The van der Waals surface area contributed by atoms with Gasteiger partial charge in [-0.15, -0.1) is 0 Å². The molecular formula is C18H27N3O4. The van der Waals surface area contributed by atoms with Gasteiger partial charge in [-0.25, -0.2) is 4.98 Å². The van der Waals surface area contributed by atoms with E-state index >= 15 is 0 Å². The smallest absolute Gasteiger partial charge is 0.221 e. The van der Waals surface area contributed by atoms with Crippen LogP contribution in [0, 0.1) is 5.92 Å². The fraction of sp³-hybridized carbons (Fsp3) is 0.667. The number of hydrogen-bond acceptors (Lipinski definition) is 6. The highest BCUT2D eigenvalue weighted by Crippen LogP contribution is 2.38. The largest absolute Gasteiger partial charge is 0.481 e. The average molecular weight is 349 g/mol. The number of pyridine rings is 1. The topological polar surface area (TPSA) is 83.9 Å². The number of hydroxylamine groups is 2. The van der Waals surface area contributed by atoms with Crippen molar-refractivity contribution >= 4 is 5.91 Å². The number of carbonyl (C=O) groups is 1. The van der Waals surface area contributed by atoms with Crippen LogP contribution in [0.5, 0.6) is 5.88 Å². The molecular weight excluding hydrogens is 322 g/mol. The summed E-state index contributed by atoms with van der Waals surface area (Å²) in [5.41, 5.74) is 0.945. The van der Waals surface area contributed by atoms with E-state index in [9.17, 15) is 9.90 Å². The van der Waals surface area contributed by atoms with E-state index in [2.05, 4.69) is 10.3 Å². The lowest BCUT2D eigenvalue weighted by Gasteiger charge is -2.38. The van der Waals surface area contributed by atoms with E-state index in [-0.39, 0.29) is 24.0 Å². The second kappa shape index (κ2) is 8.60. The van der Waals surface area contributed by atoms with Crippen molar-refractivity contribution in [3.63, 3.8) is 0 Å². The quantitative estimate of drug-likeness (QED) is 0.775. The summed E-state index contributed by atoms with van der Waals surface area (Å²) >= 11 is 0. The average Bonchev–Trinajstić information content (AvgIpc) is 2.63. The predicted octanol–water partition coefficient (Wildman–Crippen LogP) is 1.44. The summed E-state index contributed by atoms with van der Waals surface area (Å²) in [6.45, 7) is 2.22. The molecule has 1 aliphatic carbocycles. The van der Waals surface area contributed by atoms with Crippen molar-refractivity contribution in [3.8, 4) is 5.88 Å². The molecule has 1 aliphatic heterocycles. The van der Waals surface area contributed by atoms with Gasteiger partial charge in [0, 0.05) is 31.8 Å². The van der Waals surface area contributed by atoms with E-state index in [0.717, 1.165) is 31.6 Å². The van der Waals surface area contributed by atoms with Gasteiger partial charge in [-0.2, -0.15) is 5.06 Å². The molecule has 2 heterocycles. The number of nitrogens with one attached hydrogen (secondary N) is 1. The van der Waals surface area contributed by atoms with Crippen molar-refractivity contribution in [2.45, 2.75) is 44.2 Å². The summed E-state index contributed by atoms with van der Waals surface area (Å²) in [5.74, 6) is 0.779. The maximum atomic E-state index is 12.4. The van der Waals surface area contributed by atoms with Crippen LogP contribution in [0.2, 0.25) is 0 Å². The minimum Gasteiger partial charge on any atom is -0.481 e. The molecule has 1 aromatic heterocycles. The normalized spacial score (nSPS) is 25.0. The van der Waals surface area contributed by atoms with Crippen molar-refractivity contribution in [1.29, 1.82) is 0 Å². The van der Waals surface area contributed by atoms with Gasteiger partial charge in [0.2, 0.25) is 11.8 Å². The van der Waals surface area contributed by atoms with Crippen LogP contribution in [-0.4, -0.2) is 54.0 Å². The molecule has 0 radical (unpaired) electrons. The monoisotopic (exact) mass is 349 g/mol. The van der Waals surface area contributed by atoms with Gasteiger partial charge in [0.25, 0.3) is 0 Å². The minimum absolute atomic E-state index is 0.00335. The Bertz CT molecular complexity index is 554. The van der Waals surface area contributed by atoms with Gasteiger partial charge in [0.1, 0.15) is 0 Å². The van der Waals surface area contributed by atoms with Crippen LogP contribution in [-0.2, 0) is 9.63 Å². The first-order valence-electron chi connectivity index (χ1n) is 9.01. The SMILES string of the molecule is COc1ccc([C@H](NC(=O)CCN2CCCCO2)C2CC(O)C2)cn1. The van der Waals surface area contributed by atoms with Crippen LogP contribution in [0.4, 0.5) is 0 Å². The molecule has 1 aromatic rings. The van der Waals surface area contributed by atoms with Crippen LogP contribution in [0.3, 0.4) is 0 Å². The van der Waals surface area contributed by atoms with Crippen molar-refractivity contribution in [3.05, 3.63) is 23.9 Å². The molecule has 1 atom stereocenters. The highest BCUT2D eigenvalue weighted by Gasteiger charge is 2.35. The van der Waals surface area contributed by atoms with Crippen LogP contribution >= 0.6 is 0 Å².